The maximum Gasteiger partial charge on any atom is 0.416 e. The van der Waals surface area contributed by atoms with Gasteiger partial charge >= 0.3 is 12.2 Å². The smallest absolute Gasteiger partial charge is 0.306 e. The highest BCUT2D eigenvalue weighted by molar-refractivity contribution is 5.96. The molecule has 0 bridgehead atoms. The van der Waals surface area contributed by atoms with Crippen molar-refractivity contribution < 1.29 is 22.8 Å². The van der Waals surface area contributed by atoms with Gasteiger partial charge in [0.1, 0.15) is 0 Å². The van der Waals surface area contributed by atoms with Crippen LogP contribution in [0, 0.1) is 0 Å². The molecule has 8 heteroatoms. The standard InChI is InChI=1S/C23H18F3N3O2/c24-23(25,26)17-11-13-18(14-12-17)27-22(31)29-20(16-9-5-2-6-10-16)19(21(30)28-29)15-7-3-1-4-8-15/h1-14,19-20H,(H,27,31)(H,28,30)/t19-,20-/m1/s1. The fourth-order valence-electron chi connectivity index (χ4n) is 3.64. The van der Waals surface area contributed by atoms with Crippen molar-refractivity contribution in [2.24, 2.45) is 0 Å². The molecule has 2 atom stereocenters. The summed E-state index contributed by atoms with van der Waals surface area (Å²) in [6.07, 6.45) is -4.47. The second-order valence-corrected chi connectivity index (χ2v) is 7.10. The zero-order valence-electron chi connectivity index (χ0n) is 16.1. The molecule has 1 heterocycles. The first-order valence-corrected chi connectivity index (χ1v) is 9.52. The van der Waals surface area contributed by atoms with E-state index < -0.39 is 29.7 Å². The molecule has 5 nitrogen and oxygen atoms in total. The Hall–Kier alpha value is -3.81. The number of urea groups is 1. The van der Waals surface area contributed by atoms with Crippen LogP contribution in [0.25, 0.3) is 0 Å². The van der Waals surface area contributed by atoms with Gasteiger partial charge in [0.15, 0.2) is 0 Å². The Morgan fingerprint density at radius 3 is 1.94 bits per heavy atom. The van der Waals surface area contributed by atoms with Crippen molar-refractivity contribution in [2.45, 2.75) is 18.1 Å². The van der Waals surface area contributed by atoms with Crippen LogP contribution in [0.1, 0.15) is 28.7 Å². The number of alkyl halides is 3. The summed E-state index contributed by atoms with van der Waals surface area (Å²) in [5.74, 6) is -0.982. The predicted molar refractivity (Wildman–Crippen MR) is 109 cm³/mol. The monoisotopic (exact) mass is 425 g/mol. The van der Waals surface area contributed by atoms with Gasteiger partial charge in [0.05, 0.1) is 17.5 Å². The maximum absolute atomic E-state index is 13.0. The second kappa shape index (κ2) is 8.14. The normalized spacial score (nSPS) is 18.5. The van der Waals surface area contributed by atoms with E-state index in [1.165, 1.54) is 17.1 Å². The number of hydrazine groups is 1. The molecule has 2 N–H and O–H groups in total. The van der Waals surface area contributed by atoms with Crippen LogP contribution in [0.15, 0.2) is 84.9 Å². The van der Waals surface area contributed by atoms with Crippen LogP contribution in [-0.2, 0) is 11.0 Å². The van der Waals surface area contributed by atoms with Crippen LogP contribution in [0.3, 0.4) is 0 Å². The van der Waals surface area contributed by atoms with E-state index >= 15 is 0 Å². The lowest BCUT2D eigenvalue weighted by atomic mass is 9.87. The molecule has 3 aromatic carbocycles. The minimum absolute atomic E-state index is 0.183. The molecule has 1 fully saturated rings. The van der Waals surface area contributed by atoms with E-state index in [1.807, 2.05) is 60.7 Å². The quantitative estimate of drug-likeness (QED) is 0.613. The van der Waals surface area contributed by atoms with Crippen molar-refractivity contribution in [1.29, 1.82) is 0 Å². The summed E-state index contributed by atoms with van der Waals surface area (Å²) in [6.45, 7) is 0. The molecule has 1 saturated heterocycles. The number of nitrogens with one attached hydrogen (secondary N) is 2. The summed E-state index contributed by atoms with van der Waals surface area (Å²) in [7, 11) is 0. The summed E-state index contributed by atoms with van der Waals surface area (Å²) in [4.78, 5) is 25.8. The lowest BCUT2D eigenvalue weighted by Gasteiger charge is -2.26. The molecule has 0 aromatic heterocycles. The van der Waals surface area contributed by atoms with Crippen molar-refractivity contribution in [1.82, 2.24) is 10.4 Å². The van der Waals surface area contributed by atoms with Gasteiger partial charge in [-0.3, -0.25) is 10.2 Å². The molecule has 0 radical (unpaired) electrons. The van der Waals surface area contributed by atoms with Crippen LogP contribution >= 0.6 is 0 Å². The average Bonchev–Trinajstić information content (AvgIpc) is 3.12. The second-order valence-electron chi connectivity index (χ2n) is 7.10. The first-order chi connectivity index (χ1) is 14.8. The minimum Gasteiger partial charge on any atom is -0.306 e. The van der Waals surface area contributed by atoms with E-state index in [2.05, 4.69) is 10.7 Å². The molecule has 0 saturated carbocycles. The van der Waals surface area contributed by atoms with Crippen LogP contribution in [0.4, 0.5) is 23.7 Å². The molecular weight excluding hydrogens is 407 g/mol. The number of hydrogen-bond acceptors (Lipinski definition) is 2. The maximum atomic E-state index is 13.0. The number of amides is 3. The molecule has 1 aliphatic rings. The third kappa shape index (κ3) is 4.23. The van der Waals surface area contributed by atoms with Gasteiger partial charge in [0.25, 0.3) is 0 Å². The Morgan fingerprint density at radius 2 is 1.39 bits per heavy atom. The van der Waals surface area contributed by atoms with Crippen LogP contribution in [0.5, 0.6) is 0 Å². The lowest BCUT2D eigenvalue weighted by molar-refractivity contribution is -0.137. The van der Waals surface area contributed by atoms with Crippen molar-refractivity contribution in [2.75, 3.05) is 5.32 Å². The summed E-state index contributed by atoms with van der Waals surface area (Å²) in [5.41, 5.74) is 3.47. The van der Waals surface area contributed by atoms with Gasteiger partial charge in [0.2, 0.25) is 5.91 Å². The topological polar surface area (TPSA) is 61.4 Å². The van der Waals surface area contributed by atoms with Crippen LogP contribution in [-0.4, -0.2) is 16.9 Å². The van der Waals surface area contributed by atoms with Gasteiger partial charge in [-0.25, -0.2) is 9.80 Å². The largest absolute Gasteiger partial charge is 0.416 e. The summed E-state index contributed by atoms with van der Waals surface area (Å²) >= 11 is 0. The molecular formula is C23H18F3N3O2. The Bertz CT molecular complexity index is 1070. The molecule has 4 rings (SSSR count). The van der Waals surface area contributed by atoms with E-state index in [-0.39, 0.29) is 11.6 Å². The Kier molecular flexibility index (Phi) is 5.37. The highest BCUT2D eigenvalue weighted by Crippen LogP contribution is 2.40. The molecule has 0 unspecified atom stereocenters. The van der Waals surface area contributed by atoms with Crippen molar-refractivity contribution in [3.8, 4) is 0 Å². The van der Waals surface area contributed by atoms with E-state index in [9.17, 15) is 22.8 Å². The molecule has 3 amide bonds. The number of rotatable bonds is 3. The first-order valence-electron chi connectivity index (χ1n) is 9.52. The number of anilines is 1. The molecule has 0 aliphatic carbocycles. The Labute approximate surface area is 176 Å². The van der Waals surface area contributed by atoms with Crippen molar-refractivity contribution >= 4 is 17.6 Å². The van der Waals surface area contributed by atoms with Gasteiger partial charge in [0, 0.05) is 5.69 Å². The van der Waals surface area contributed by atoms with Crippen molar-refractivity contribution in [3.63, 3.8) is 0 Å². The van der Waals surface area contributed by atoms with Gasteiger partial charge in [-0.15, -0.1) is 0 Å². The fraction of sp³-hybridized carbons (Fsp3) is 0.130. The van der Waals surface area contributed by atoms with E-state index in [4.69, 9.17) is 0 Å². The number of carbonyl (C=O) groups excluding carboxylic acids is 2. The van der Waals surface area contributed by atoms with E-state index in [0.29, 0.717) is 0 Å². The highest BCUT2D eigenvalue weighted by Gasteiger charge is 2.45. The summed E-state index contributed by atoms with van der Waals surface area (Å²) < 4.78 is 38.3. The number of benzene rings is 3. The number of hydrogen-bond donors (Lipinski definition) is 2. The van der Waals surface area contributed by atoms with Crippen molar-refractivity contribution in [3.05, 3.63) is 102 Å². The van der Waals surface area contributed by atoms with Crippen LogP contribution < -0.4 is 10.7 Å². The molecule has 158 valence electrons. The third-order valence-corrected chi connectivity index (χ3v) is 5.09. The van der Waals surface area contributed by atoms with Gasteiger partial charge in [-0.2, -0.15) is 13.2 Å². The van der Waals surface area contributed by atoms with E-state index in [1.54, 1.807) is 0 Å². The van der Waals surface area contributed by atoms with Gasteiger partial charge in [-0.1, -0.05) is 60.7 Å². The zero-order chi connectivity index (χ0) is 22.0. The number of halogens is 3. The minimum atomic E-state index is -4.47. The number of nitrogens with zero attached hydrogens (tertiary/aromatic N) is 1. The first kappa shape index (κ1) is 20.5. The van der Waals surface area contributed by atoms with Gasteiger partial charge in [-0.05, 0) is 35.4 Å². The molecule has 0 spiro atoms. The summed E-state index contributed by atoms with van der Waals surface area (Å²) in [6, 6.07) is 21.0. The number of carbonyl (C=O) groups is 2. The van der Waals surface area contributed by atoms with E-state index in [0.717, 1.165) is 23.3 Å². The molecule has 1 aliphatic heterocycles. The fourth-order valence-corrected chi connectivity index (χ4v) is 3.64. The average molecular weight is 425 g/mol. The Balaban J connectivity index is 1.63. The molecule has 31 heavy (non-hydrogen) atoms. The van der Waals surface area contributed by atoms with Gasteiger partial charge < -0.3 is 5.32 Å². The van der Waals surface area contributed by atoms with Crippen LogP contribution in [0.2, 0.25) is 0 Å². The lowest BCUT2D eigenvalue weighted by Crippen LogP contribution is -2.42. The zero-order valence-corrected chi connectivity index (χ0v) is 16.1. The predicted octanol–water partition coefficient (Wildman–Crippen LogP) is 5.11. The highest BCUT2D eigenvalue weighted by atomic mass is 19.4. The molecule has 3 aromatic rings. The summed E-state index contributed by atoms with van der Waals surface area (Å²) in [5, 5.41) is 3.75. The Morgan fingerprint density at radius 1 is 0.839 bits per heavy atom. The third-order valence-electron chi connectivity index (χ3n) is 5.09. The SMILES string of the molecule is O=C1NN(C(=O)Nc2ccc(C(F)(F)F)cc2)[C@H](c2ccccc2)[C@H]1c1ccccc1.